The number of benzene rings is 1. The van der Waals surface area contributed by atoms with E-state index in [4.69, 9.17) is 9.15 Å². The van der Waals surface area contributed by atoms with Gasteiger partial charge in [-0.05, 0) is 45.4 Å². The number of hydrogen-bond donors (Lipinski definition) is 0. The predicted molar refractivity (Wildman–Crippen MR) is 95.7 cm³/mol. The molecule has 1 aromatic heterocycles. The summed E-state index contributed by atoms with van der Waals surface area (Å²) >= 11 is 0. The SMILES string of the molecule is CCOC(=O)[C@H]1CCCN([C@@H](C)c2nnc(-c3ccc([N+](=O)[O-])cc3)o2)C1. The first kappa shape index (κ1) is 19.0. The third-order valence-electron chi connectivity index (χ3n) is 4.74. The second kappa shape index (κ2) is 8.26. The second-order valence-electron chi connectivity index (χ2n) is 6.51. The van der Waals surface area contributed by atoms with Crippen LogP contribution in [0.25, 0.3) is 11.5 Å². The first-order chi connectivity index (χ1) is 13.0. The largest absolute Gasteiger partial charge is 0.466 e. The standard InChI is InChI=1S/C18H22N4O5/c1-3-26-18(23)14-5-4-10-21(11-14)12(2)16-19-20-17(27-16)13-6-8-15(9-7-13)22(24)25/h6-9,12,14H,3-5,10-11H2,1-2H3/t12-,14-/m0/s1. The van der Waals surface area contributed by atoms with Crippen molar-refractivity contribution in [3.8, 4) is 11.5 Å². The van der Waals surface area contributed by atoms with Gasteiger partial charge in [-0.15, -0.1) is 10.2 Å². The summed E-state index contributed by atoms with van der Waals surface area (Å²) in [6.07, 6.45) is 1.72. The van der Waals surface area contributed by atoms with Crippen LogP contribution < -0.4 is 0 Å². The lowest BCUT2D eigenvalue weighted by molar-refractivity contribution is -0.384. The van der Waals surface area contributed by atoms with Crippen molar-refractivity contribution < 1.29 is 18.9 Å². The molecule has 2 heterocycles. The Balaban J connectivity index is 1.70. The van der Waals surface area contributed by atoms with E-state index in [0.717, 1.165) is 19.4 Å². The van der Waals surface area contributed by atoms with E-state index in [1.807, 2.05) is 6.92 Å². The average Bonchev–Trinajstić information content (AvgIpc) is 3.18. The summed E-state index contributed by atoms with van der Waals surface area (Å²) in [6, 6.07) is 5.82. The van der Waals surface area contributed by atoms with Gasteiger partial charge in [-0.1, -0.05) is 0 Å². The maximum Gasteiger partial charge on any atom is 0.310 e. The van der Waals surface area contributed by atoms with Gasteiger partial charge in [0.1, 0.15) is 0 Å². The zero-order valence-electron chi connectivity index (χ0n) is 15.3. The van der Waals surface area contributed by atoms with E-state index in [1.54, 1.807) is 19.1 Å². The summed E-state index contributed by atoms with van der Waals surface area (Å²) in [4.78, 5) is 24.4. The molecule has 0 radical (unpaired) electrons. The smallest absolute Gasteiger partial charge is 0.310 e. The lowest BCUT2D eigenvalue weighted by Crippen LogP contribution is -2.40. The summed E-state index contributed by atoms with van der Waals surface area (Å²) in [6.45, 7) is 5.58. The zero-order valence-corrected chi connectivity index (χ0v) is 15.3. The highest BCUT2D eigenvalue weighted by atomic mass is 16.6. The van der Waals surface area contributed by atoms with Gasteiger partial charge in [-0.2, -0.15) is 0 Å². The van der Waals surface area contributed by atoms with Gasteiger partial charge >= 0.3 is 5.97 Å². The molecule has 0 bridgehead atoms. The Kier molecular flexibility index (Phi) is 5.80. The lowest BCUT2D eigenvalue weighted by atomic mass is 9.97. The number of ether oxygens (including phenoxy) is 1. The number of nitro groups is 1. The van der Waals surface area contributed by atoms with Crippen molar-refractivity contribution in [3.05, 3.63) is 40.3 Å². The summed E-state index contributed by atoms with van der Waals surface area (Å²) in [5.41, 5.74) is 0.625. The Bertz CT molecular complexity index is 804. The zero-order chi connectivity index (χ0) is 19.4. The number of nitro benzene ring substituents is 1. The fourth-order valence-corrected chi connectivity index (χ4v) is 3.21. The molecule has 0 unspecified atom stereocenters. The van der Waals surface area contributed by atoms with E-state index < -0.39 is 4.92 Å². The van der Waals surface area contributed by atoms with Crippen LogP contribution >= 0.6 is 0 Å². The van der Waals surface area contributed by atoms with Crippen LogP contribution in [-0.2, 0) is 9.53 Å². The summed E-state index contributed by atoms with van der Waals surface area (Å²) in [5, 5.41) is 18.9. The van der Waals surface area contributed by atoms with Crippen LogP contribution in [0.3, 0.4) is 0 Å². The molecule has 3 rings (SSSR count). The van der Waals surface area contributed by atoms with Gasteiger partial charge in [-0.3, -0.25) is 19.8 Å². The molecule has 1 saturated heterocycles. The molecular weight excluding hydrogens is 352 g/mol. The van der Waals surface area contributed by atoms with Crippen LogP contribution in [0.5, 0.6) is 0 Å². The Morgan fingerprint density at radius 2 is 2.15 bits per heavy atom. The molecule has 27 heavy (non-hydrogen) atoms. The van der Waals surface area contributed by atoms with Crippen LogP contribution in [0, 0.1) is 16.0 Å². The normalized spacial score (nSPS) is 18.8. The minimum absolute atomic E-state index is 0.00480. The van der Waals surface area contributed by atoms with Gasteiger partial charge in [0.2, 0.25) is 11.8 Å². The molecular formula is C18H22N4O5. The Morgan fingerprint density at radius 1 is 1.41 bits per heavy atom. The molecule has 0 N–H and O–H groups in total. The van der Waals surface area contributed by atoms with Crippen molar-refractivity contribution in [1.29, 1.82) is 0 Å². The summed E-state index contributed by atoms with van der Waals surface area (Å²) in [5.74, 6) is 0.461. The Labute approximate surface area is 156 Å². The number of nitrogens with zero attached hydrogens (tertiary/aromatic N) is 4. The van der Waals surface area contributed by atoms with E-state index in [2.05, 4.69) is 15.1 Å². The first-order valence-electron chi connectivity index (χ1n) is 8.98. The van der Waals surface area contributed by atoms with Crippen LogP contribution in [0.1, 0.15) is 38.6 Å². The molecule has 0 spiro atoms. The van der Waals surface area contributed by atoms with E-state index in [9.17, 15) is 14.9 Å². The minimum Gasteiger partial charge on any atom is -0.466 e. The van der Waals surface area contributed by atoms with Crippen molar-refractivity contribution in [2.45, 2.75) is 32.7 Å². The van der Waals surface area contributed by atoms with Crippen LogP contribution in [0.4, 0.5) is 5.69 Å². The van der Waals surface area contributed by atoms with Gasteiger partial charge in [0, 0.05) is 24.2 Å². The highest BCUT2D eigenvalue weighted by Gasteiger charge is 2.31. The quantitative estimate of drug-likeness (QED) is 0.431. The molecule has 9 nitrogen and oxygen atoms in total. The van der Waals surface area contributed by atoms with Gasteiger partial charge in [-0.25, -0.2) is 0 Å². The number of non-ortho nitro benzene ring substituents is 1. The van der Waals surface area contributed by atoms with E-state index in [0.29, 0.717) is 30.5 Å². The molecule has 144 valence electrons. The molecule has 2 atom stereocenters. The number of esters is 1. The lowest BCUT2D eigenvalue weighted by Gasteiger charge is -2.34. The maximum atomic E-state index is 12.0. The third-order valence-corrected chi connectivity index (χ3v) is 4.74. The monoisotopic (exact) mass is 374 g/mol. The maximum absolute atomic E-state index is 12.0. The Hall–Kier alpha value is -2.81. The predicted octanol–water partition coefficient (Wildman–Crippen LogP) is 2.98. The van der Waals surface area contributed by atoms with E-state index in [-0.39, 0.29) is 23.6 Å². The minimum atomic E-state index is -0.457. The third kappa shape index (κ3) is 4.30. The Morgan fingerprint density at radius 3 is 2.81 bits per heavy atom. The number of aromatic nitrogens is 2. The molecule has 0 aliphatic carbocycles. The number of carbonyl (C=O) groups excluding carboxylic acids is 1. The molecule has 0 saturated carbocycles. The molecule has 1 aromatic carbocycles. The highest BCUT2D eigenvalue weighted by Crippen LogP contribution is 2.29. The van der Waals surface area contributed by atoms with Crippen molar-refractivity contribution in [3.63, 3.8) is 0 Å². The molecule has 1 fully saturated rings. The van der Waals surface area contributed by atoms with Crippen LogP contribution in [-0.4, -0.2) is 45.7 Å². The molecule has 1 aliphatic heterocycles. The number of likely N-dealkylation sites (tertiary alicyclic amines) is 1. The van der Waals surface area contributed by atoms with E-state index in [1.165, 1.54) is 12.1 Å². The summed E-state index contributed by atoms with van der Waals surface area (Å²) < 4.78 is 10.9. The number of piperidine rings is 1. The fraction of sp³-hybridized carbons (Fsp3) is 0.500. The molecule has 0 amide bonds. The number of hydrogen-bond acceptors (Lipinski definition) is 8. The van der Waals surface area contributed by atoms with Crippen molar-refractivity contribution in [2.24, 2.45) is 5.92 Å². The van der Waals surface area contributed by atoms with Gasteiger partial charge < -0.3 is 9.15 Å². The van der Waals surface area contributed by atoms with Crippen molar-refractivity contribution in [2.75, 3.05) is 19.7 Å². The molecule has 1 aliphatic rings. The van der Waals surface area contributed by atoms with Crippen LogP contribution in [0.2, 0.25) is 0 Å². The molecule has 2 aromatic rings. The van der Waals surface area contributed by atoms with E-state index >= 15 is 0 Å². The number of rotatable bonds is 6. The van der Waals surface area contributed by atoms with Crippen molar-refractivity contribution in [1.82, 2.24) is 15.1 Å². The van der Waals surface area contributed by atoms with Gasteiger partial charge in [0.25, 0.3) is 5.69 Å². The highest BCUT2D eigenvalue weighted by molar-refractivity contribution is 5.72. The molecule has 9 heteroatoms. The average molecular weight is 374 g/mol. The second-order valence-corrected chi connectivity index (χ2v) is 6.51. The fourth-order valence-electron chi connectivity index (χ4n) is 3.21. The summed E-state index contributed by atoms with van der Waals surface area (Å²) in [7, 11) is 0. The number of carbonyl (C=O) groups is 1. The van der Waals surface area contributed by atoms with Gasteiger partial charge in [0.15, 0.2) is 0 Å². The van der Waals surface area contributed by atoms with Crippen molar-refractivity contribution >= 4 is 11.7 Å². The first-order valence-corrected chi connectivity index (χ1v) is 8.98. The van der Waals surface area contributed by atoms with Crippen LogP contribution in [0.15, 0.2) is 28.7 Å². The van der Waals surface area contributed by atoms with Gasteiger partial charge in [0.05, 0.1) is 23.5 Å². The topological polar surface area (TPSA) is 112 Å².